The van der Waals surface area contributed by atoms with Crippen molar-refractivity contribution in [3.05, 3.63) is 29.8 Å². The quantitative estimate of drug-likeness (QED) is 0.900. The minimum Gasteiger partial charge on any atom is -0.385 e. The third-order valence-corrected chi connectivity index (χ3v) is 3.99. The summed E-state index contributed by atoms with van der Waals surface area (Å²) in [6.45, 7) is 7.02. The fraction of sp³-hybridized carbons (Fsp3) is 0.562. The normalized spacial score (nSPS) is 16.4. The summed E-state index contributed by atoms with van der Waals surface area (Å²) < 4.78 is 0. The van der Waals surface area contributed by atoms with E-state index in [2.05, 4.69) is 19.2 Å². The summed E-state index contributed by atoms with van der Waals surface area (Å²) in [6, 6.07) is 7.81. The van der Waals surface area contributed by atoms with Gasteiger partial charge in [0.2, 0.25) is 0 Å². The van der Waals surface area contributed by atoms with Gasteiger partial charge in [0.05, 0.1) is 0 Å². The van der Waals surface area contributed by atoms with Gasteiger partial charge in [-0.15, -0.1) is 0 Å². The van der Waals surface area contributed by atoms with E-state index in [0.29, 0.717) is 0 Å². The fourth-order valence-corrected chi connectivity index (χ4v) is 2.66. The van der Waals surface area contributed by atoms with Gasteiger partial charge in [-0.05, 0) is 49.9 Å². The first-order valence-electron chi connectivity index (χ1n) is 7.37. The molecule has 0 saturated carbocycles. The van der Waals surface area contributed by atoms with Crippen molar-refractivity contribution in [2.45, 2.75) is 33.1 Å². The minimum absolute atomic E-state index is 0.178. The molecule has 1 N–H and O–H groups in total. The molecular formula is C16H24N2O. The topological polar surface area (TPSA) is 32.3 Å². The molecular weight excluding hydrogens is 236 g/mol. The van der Waals surface area contributed by atoms with E-state index in [1.807, 2.05) is 29.2 Å². The van der Waals surface area contributed by atoms with Gasteiger partial charge < -0.3 is 10.2 Å². The SMILES string of the molecule is CCNc1ccc(C(=O)N2CCC(CC)CC2)cc1. The van der Waals surface area contributed by atoms with E-state index in [-0.39, 0.29) is 5.91 Å². The van der Waals surface area contributed by atoms with E-state index in [1.54, 1.807) is 0 Å². The van der Waals surface area contributed by atoms with E-state index >= 15 is 0 Å². The Labute approximate surface area is 116 Å². The zero-order chi connectivity index (χ0) is 13.7. The number of benzene rings is 1. The number of anilines is 1. The molecule has 1 saturated heterocycles. The molecule has 0 atom stereocenters. The standard InChI is InChI=1S/C16H24N2O/c1-3-13-9-11-18(12-10-13)16(19)14-5-7-15(8-6-14)17-4-2/h5-8,13,17H,3-4,9-12H2,1-2H3. The Morgan fingerprint density at radius 1 is 1.21 bits per heavy atom. The lowest BCUT2D eigenvalue weighted by molar-refractivity contribution is 0.0689. The number of rotatable bonds is 4. The van der Waals surface area contributed by atoms with Crippen molar-refractivity contribution in [3.8, 4) is 0 Å². The second-order valence-corrected chi connectivity index (χ2v) is 5.25. The molecule has 2 rings (SSSR count). The smallest absolute Gasteiger partial charge is 0.253 e. The number of nitrogens with one attached hydrogen (secondary N) is 1. The molecule has 0 unspecified atom stereocenters. The van der Waals surface area contributed by atoms with E-state index in [0.717, 1.165) is 49.6 Å². The summed E-state index contributed by atoms with van der Waals surface area (Å²) in [5, 5.41) is 3.24. The molecule has 104 valence electrons. The molecule has 1 fully saturated rings. The fourth-order valence-electron chi connectivity index (χ4n) is 2.66. The van der Waals surface area contributed by atoms with Crippen molar-refractivity contribution in [1.82, 2.24) is 4.90 Å². The zero-order valence-electron chi connectivity index (χ0n) is 12.0. The summed E-state index contributed by atoms with van der Waals surface area (Å²) in [7, 11) is 0. The first-order valence-corrected chi connectivity index (χ1v) is 7.37. The molecule has 0 aromatic heterocycles. The molecule has 1 heterocycles. The maximum absolute atomic E-state index is 12.4. The third-order valence-electron chi connectivity index (χ3n) is 3.99. The second-order valence-electron chi connectivity index (χ2n) is 5.25. The van der Waals surface area contributed by atoms with Crippen LogP contribution in [0.3, 0.4) is 0 Å². The highest BCUT2D eigenvalue weighted by Crippen LogP contribution is 2.21. The molecule has 1 aromatic carbocycles. The van der Waals surface area contributed by atoms with Gasteiger partial charge in [0.1, 0.15) is 0 Å². The van der Waals surface area contributed by atoms with Gasteiger partial charge >= 0.3 is 0 Å². The Morgan fingerprint density at radius 3 is 2.37 bits per heavy atom. The van der Waals surface area contributed by atoms with Crippen molar-refractivity contribution in [1.29, 1.82) is 0 Å². The summed E-state index contributed by atoms with van der Waals surface area (Å²) in [5.41, 5.74) is 1.88. The molecule has 19 heavy (non-hydrogen) atoms. The molecule has 1 amide bonds. The van der Waals surface area contributed by atoms with Crippen LogP contribution in [-0.2, 0) is 0 Å². The van der Waals surface area contributed by atoms with Crippen LogP contribution in [-0.4, -0.2) is 30.4 Å². The van der Waals surface area contributed by atoms with Crippen LogP contribution in [0.25, 0.3) is 0 Å². The van der Waals surface area contributed by atoms with E-state index in [9.17, 15) is 4.79 Å². The molecule has 1 aromatic rings. The van der Waals surface area contributed by atoms with Crippen molar-refractivity contribution < 1.29 is 4.79 Å². The molecule has 0 aliphatic carbocycles. The summed E-state index contributed by atoms with van der Waals surface area (Å²) in [5.74, 6) is 0.984. The summed E-state index contributed by atoms with van der Waals surface area (Å²) in [4.78, 5) is 14.4. The van der Waals surface area contributed by atoms with Crippen LogP contribution in [0.15, 0.2) is 24.3 Å². The highest BCUT2D eigenvalue weighted by atomic mass is 16.2. The highest BCUT2D eigenvalue weighted by Gasteiger charge is 2.22. The average molecular weight is 260 g/mol. The monoisotopic (exact) mass is 260 g/mol. The van der Waals surface area contributed by atoms with Gasteiger partial charge in [0.15, 0.2) is 0 Å². The number of amides is 1. The lowest BCUT2D eigenvalue weighted by atomic mass is 9.94. The molecule has 1 aliphatic rings. The van der Waals surface area contributed by atoms with Gasteiger partial charge in [-0.3, -0.25) is 4.79 Å². The van der Waals surface area contributed by atoms with E-state index < -0.39 is 0 Å². The number of nitrogens with zero attached hydrogens (tertiary/aromatic N) is 1. The van der Waals surface area contributed by atoms with Crippen molar-refractivity contribution in [2.75, 3.05) is 25.0 Å². The van der Waals surface area contributed by atoms with Gasteiger partial charge in [0, 0.05) is 30.9 Å². The maximum atomic E-state index is 12.4. The van der Waals surface area contributed by atoms with E-state index in [4.69, 9.17) is 0 Å². The highest BCUT2D eigenvalue weighted by molar-refractivity contribution is 5.94. The van der Waals surface area contributed by atoms with Gasteiger partial charge in [-0.1, -0.05) is 13.3 Å². The van der Waals surface area contributed by atoms with Crippen LogP contribution in [0, 0.1) is 5.92 Å². The summed E-state index contributed by atoms with van der Waals surface area (Å²) >= 11 is 0. The van der Waals surface area contributed by atoms with Gasteiger partial charge in [-0.25, -0.2) is 0 Å². The number of hydrogen-bond donors (Lipinski definition) is 1. The van der Waals surface area contributed by atoms with E-state index in [1.165, 1.54) is 6.42 Å². The second kappa shape index (κ2) is 6.60. The summed E-state index contributed by atoms with van der Waals surface area (Å²) in [6.07, 6.45) is 3.54. The Balaban J connectivity index is 1.96. The Hall–Kier alpha value is -1.51. The number of piperidine rings is 1. The molecule has 0 radical (unpaired) electrons. The maximum Gasteiger partial charge on any atom is 0.253 e. The van der Waals surface area contributed by atoms with Crippen LogP contribution in [0.4, 0.5) is 5.69 Å². The predicted octanol–water partition coefficient (Wildman–Crippen LogP) is 3.38. The molecule has 0 spiro atoms. The first kappa shape index (κ1) is 13.9. The minimum atomic E-state index is 0.178. The van der Waals surface area contributed by atoms with Crippen molar-refractivity contribution in [2.24, 2.45) is 5.92 Å². The average Bonchev–Trinajstić information content (AvgIpc) is 2.48. The lowest BCUT2D eigenvalue weighted by Crippen LogP contribution is -2.38. The van der Waals surface area contributed by atoms with Crippen molar-refractivity contribution >= 4 is 11.6 Å². The first-order chi connectivity index (χ1) is 9.24. The number of carbonyl (C=O) groups is 1. The number of carbonyl (C=O) groups excluding carboxylic acids is 1. The number of hydrogen-bond acceptors (Lipinski definition) is 2. The lowest BCUT2D eigenvalue weighted by Gasteiger charge is -2.31. The third kappa shape index (κ3) is 3.49. The van der Waals surface area contributed by atoms with Crippen molar-refractivity contribution in [3.63, 3.8) is 0 Å². The van der Waals surface area contributed by atoms with Crippen LogP contribution < -0.4 is 5.32 Å². The Bertz CT molecular complexity index is 405. The molecule has 0 bridgehead atoms. The van der Waals surface area contributed by atoms with Crippen LogP contribution >= 0.6 is 0 Å². The molecule has 3 nitrogen and oxygen atoms in total. The Kier molecular flexibility index (Phi) is 4.83. The number of likely N-dealkylation sites (tertiary alicyclic amines) is 1. The molecule has 1 aliphatic heterocycles. The Morgan fingerprint density at radius 2 is 1.84 bits per heavy atom. The predicted molar refractivity (Wildman–Crippen MR) is 79.5 cm³/mol. The van der Waals surface area contributed by atoms with Gasteiger partial charge in [0.25, 0.3) is 5.91 Å². The van der Waals surface area contributed by atoms with Crippen LogP contribution in [0.2, 0.25) is 0 Å². The zero-order valence-corrected chi connectivity index (χ0v) is 12.0. The van der Waals surface area contributed by atoms with Crippen LogP contribution in [0.1, 0.15) is 43.5 Å². The van der Waals surface area contributed by atoms with Gasteiger partial charge in [-0.2, -0.15) is 0 Å². The molecule has 3 heteroatoms. The largest absolute Gasteiger partial charge is 0.385 e. The van der Waals surface area contributed by atoms with Crippen LogP contribution in [0.5, 0.6) is 0 Å².